The van der Waals surface area contributed by atoms with Gasteiger partial charge < -0.3 is 25.8 Å². The van der Waals surface area contributed by atoms with E-state index in [2.05, 4.69) is 21.7 Å². The quantitative estimate of drug-likeness (QED) is 0.230. The van der Waals surface area contributed by atoms with Crippen molar-refractivity contribution in [1.29, 1.82) is 0 Å². The van der Waals surface area contributed by atoms with E-state index >= 15 is 0 Å². The fourth-order valence-electron chi connectivity index (χ4n) is 2.86. The zero-order valence-electron chi connectivity index (χ0n) is 18.4. The molecule has 0 saturated carbocycles. The van der Waals surface area contributed by atoms with Crippen molar-refractivity contribution in [2.24, 2.45) is 10.7 Å². The van der Waals surface area contributed by atoms with Gasteiger partial charge in [-0.15, -0.1) is 24.0 Å². The molecule has 0 aliphatic heterocycles. The van der Waals surface area contributed by atoms with Crippen molar-refractivity contribution >= 4 is 35.8 Å². The Morgan fingerprint density at radius 2 is 1.58 bits per heavy atom. The number of benzene rings is 2. The zero-order chi connectivity index (χ0) is 21.8. The van der Waals surface area contributed by atoms with E-state index in [1.54, 1.807) is 12.1 Å². The number of nitrogens with zero attached hydrogens (tertiary/aromatic N) is 1. The van der Waals surface area contributed by atoms with Crippen LogP contribution in [0.3, 0.4) is 0 Å². The van der Waals surface area contributed by atoms with Crippen LogP contribution in [-0.2, 0) is 13.0 Å². The molecule has 2 rings (SSSR count). The molecule has 2 aromatic carbocycles. The summed E-state index contributed by atoms with van der Waals surface area (Å²) in [4.78, 5) is 15.8. The minimum absolute atomic E-state index is 0. The summed E-state index contributed by atoms with van der Waals surface area (Å²) in [5.41, 5.74) is 7.94. The Labute approximate surface area is 201 Å². The number of amides is 1. The largest absolute Gasteiger partial charge is 0.490 e. The highest BCUT2D eigenvalue weighted by molar-refractivity contribution is 14.0. The van der Waals surface area contributed by atoms with Crippen molar-refractivity contribution in [2.45, 2.75) is 33.7 Å². The average molecular weight is 540 g/mol. The van der Waals surface area contributed by atoms with E-state index < -0.39 is 5.91 Å². The number of ether oxygens (including phenoxy) is 2. The van der Waals surface area contributed by atoms with E-state index in [0.29, 0.717) is 25.3 Å². The second-order valence-electron chi connectivity index (χ2n) is 6.58. The van der Waals surface area contributed by atoms with Gasteiger partial charge in [-0.25, -0.2) is 4.99 Å². The van der Waals surface area contributed by atoms with Crippen LogP contribution in [-0.4, -0.2) is 38.2 Å². The molecule has 0 aliphatic carbocycles. The smallest absolute Gasteiger partial charge is 0.248 e. The van der Waals surface area contributed by atoms with Crippen molar-refractivity contribution in [3.8, 4) is 11.5 Å². The molecule has 4 N–H and O–H groups in total. The van der Waals surface area contributed by atoms with E-state index in [4.69, 9.17) is 15.2 Å². The van der Waals surface area contributed by atoms with Gasteiger partial charge >= 0.3 is 0 Å². The minimum Gasteiger partial charge on any atom is -0.490 e. The van der Waals surface area contributed by atoms with Crippen molar-refractivity contribution in [1.82, 2.24) is 10.6 Å². The Morgan fingerprint density at radius 1 is 0.935 bits per heavy atom. The molecule has 0 aromatic heterocycles. The zero-order valence-corrected chi connectivity index (χ0v) is 20.8. The van der Waals surface area contributed by atoms with Crippen LogP contribution >= 0.6 is 24.0 Å². The Hall–Kier alpha value is -2.49. The fraction of sp³-hybridized carbons (Fsp3) is 0.391. The Kier molecular flexibility index (Phi) is 12.4. The highest BCUT2D eigenvalue weighted by Gasteiger charge is 2.07. The summed E-state index contributed by atoms with van der Waals surface area (Å²) in [6, 6.07) is 13.2. The van der Waals surface area contributed by atoms with Crippen molar-refractivity contribution in [3.63, 3.8) is 0 Å². The first-order chi connectivity index (χ1) is 14.6. The van der Waals surface area contributed by atoms with Gasteiger partial charge in [-0.2, -0.15) is 0 Å². The molecule has 1 amide bonds. The molecular formula is C23H33IN4O3. The Bertz CT molecular complexity index is 841. The lowest BCUT2D eigenvalue weighted by Gasteiger charge is -2.14. The number of hydrogen-bond acceptors (Lipinski definition) is 4. The van der Waals surface area contributed by atoms with Crippen LogP contribution in [0.4, 0.5) is 0 Å². The number of guanidine groups is 1. The van der Waals surface area contributed by atoms with Gasteiger partial charge in [0.15, 0.2) is 17.5 Å². The molecule has 0 heterocycles. The van der Waals surface area contributed by atoms with Gasteiger partial charge in [0.1, 0.15) is 0 Å². The van der Waals surface area contributed by atoms with E-state index in [9.17, 15) is 4.79 Å². The molecule has 170 valence electrons. The van der Waals surface area contributed by atoms with Crippen LogP contribution in [0.2, 0.25) is 0 Å². The predicted octanol–water partition coefficient (Wildman–Crippen LogP) is 3.50. The first-order valence-corrected chi connectivity index (χ1v) is 10.4. The van der Waals surface area contributed by atoms with Gasteiger partial charge in [0.25, 0.3) is 0 Å². The normalized spacial score (nSPS) is 10.7. The molecule has 2 aromatic rings. The molecule has 8 heteroatoms. The number of primary amides is 1. The number of halogens is 1. The second kappa shape index (κ2) is 14.5. The van der Waals surface area contributed by atoms with Gasteiger partial charge in [0, 0.05) is 18.7 Å². The fourth-order valence-corrected chi connectivity index (χ4v) is 2.86. The summed E-state index contributed by atoms with van der Waals surface area (Å²) in [6.45, 7) is 9.15. The maximum absolute atomic E-state index is 11.2. The third-order valence-electron chi connectivity index (χ3n) is 4.32. The number of nitrogens with two attached hydrogens (primary N) is 1. The van der Waals surface area contributed by atoms with Crippen molar-refractivity contribution in [3.05, 3.63) is 59.2 Å². The Balaban J connectivity index is 0.00000480. The van der Waals surface area contributed by atoms with Crippen LogP contribution in [0.1, 0.15) is 42.3 Å². The van der Waals surface area contributed by atoms with Crippen LogP contribution < -0.4 is 25.8 Å². The Morgan fingerprint density at radius 3 is 2.19 bits per heavy atom. The highest BCUT2D eigenvalue weighted by Crippen LogP contribution is 2.28. The molecule has 0 unspecified atom stereocenters. The second-order valence-corrected chi connectivity index (χ2v) is 6.58. The minimum atomic E-state index is -0.429. The number of hydrogen-bond donors (Lipinski definition) is 3. The number of rotatable bonds is 11. The van der Waals surface area contributed by atoms with E-state index in [0.717, 1.165) is 48.1 Å². The maximum atomic E-state index is 11.2. The molecule has 0 bridgehead atoms. The molecule has 31 heavy (non-hydrogen) atoms. The highest BCUT2D eigenvalue weighted by atomic mass is 127. The van der Waals surface area contributed by atoms with Crippen LogP contribution in [0.5, 0.6) is 11.5 Å². The molecule has 0 fully saturated rings. The summed E-state index contributed by atoms with van der Waals surface area (Å²) in [6.07, 6.45) is 0.824. The average Bonchev–Trinajstić information content (AvgIpc) is 2.74. The molecule has 0 spiro atoms. The van der Waals surface area contributed by atoms with Crippen molar-refractivity contribution in [2.75, 3.05) is 26.3 Å². The van der Waals surface area contributed by atoms with Gasteiger partial charge in [-0.1, -0.05) is 18.2 Å². The van der Waals surface area contributed by atoms with Crippen LogP contribution in [0, 0.1) is 0 Å². The van der Waals surface area contributed by atoms with Crippen molar-refractivity contribution < 1.29 is 14.3 Å². The SMILES string of the molecule is CCNC(=NCc1ccc(C(N)=O)cc1)NCCc1ccc(OCC)c(OCC)c1.I. The van der Waals surface area contributed by atoms with E-state index in [1.807, 2.05) is 45.0 Å². The monoisotopic (exact) mass is 540 g/mol. The summed E-state index contributed by atoms with van der Waals surface area (Å²) in [7, 11) is 0. The first-order valence-electron chi connectivity index (χ1n) is 10.4. The lowest BCUT2D eigenvalue weighted by atomic mass is 10.1. The summed E-state index contributed by atoms with van der Waals surface area (Å²) in [5.74, 6) is 1.86. The topological polar surface area (TPSA) is 98.0 Å². The summed E-state index contributed by atoms with van der Waals surface area (Å²) >= 11 is 0. The third kappa shape index (κ3) is 9.04. The van der Waals surface area contributed by atoms with E-state index in [-0.39, 0.29) is 24.0 Å². The number of nitrogens with one attached hydrogen (secondary N) is 2. The van der Waals surface area contributed by atoms with Crippen LogP contribution in [0.25, 0.3) is 0 Å². The number of carbonyl (C=O) groups excluding carboxylic acids is 1. The lowest BCUT2D eigenvalue weighted by molar-refractivity contribution is 0.100. The standard InChI is InChI=1S/C23H32N4O3.HI/c1-4-25-23(27-16-18-7-10-19(11-8-18)22(24)28)26-14-13-17-9-12-20(29-5-2)21(15-17)30-6-3;/h7-12,15H,4-6,13-14,16H2,1-3H3,(H2,24,28)(H2,25,26,27);1H. The van der Waals surface area contributed by atoms with Gasteiger partial charge in [0.2, 0.25) is 5.91 Å². The molecule has 0 atom stereocenters. The number of aliphatic imine (C=N–C) groups is 1. The summed E-state index contributed by atoms with van der Waals surface area (Å²) < 4.78 is 11.3. The van der Waals surface area contributed by atoms with Gasteiger partial charge in [-0.05, 0) is 62.6 Å². The molecule has 0 saturated heterocycles. The lowest BCUT2D eigenvalue weighted by Crippen LogP contribution is -2.38. The maximum Gasteiger partial charge on any atom is 0.248 e. The predicted molar refractivity (Wildman–Crippen MR) is 136 cm³/mol. The number of carbonyl (C=O) groups is 1. The molecular weight excluding hydrogens is 507 g/mol. The molecule has 0 radical (unpaired) electrons. The summed E-state index contributed by atoms with van der Waals surface area (Å²) in [5, 5.41) is 6.60. The van der Waals surface area contributed by atoms with Crippen LogP contribution in [0.15, 0.2) is 47.5 Å². The van der Waals surface area contributed by atoms with Gasteiger partial charge in [0.05, 0.1) is 19.8 Å². The molecule has 0 aliphatic rings. The van der Waals surface area contributed by atoms with Gasteiger partial charge in [-0.3, -0.25) is 4.79 Å². The molecule has 7 nitrogen and oxygen atoms in total. The third-order valence-corrected chi connectivity index (χ3v) is 4.32. The van der Waals surface area contributed by atoms with E-state index in [1.165, 1.54) is 0 Å². The first kappa shape index (κ1) is 26.5.